The number of carbonyl (C=O) groups is 2. The molecular weight excluding hydrogens is 342 g/mol. The van der Waals surface area contributed by atoms with Crippen molar-refractivity contribution in [2.45, 2.75) is 39.7 Å². The van der Waals surface area contributed by atoms with Crippen molar-refractivity contribution in [3.8, 4) is 0 Å². The van der Waals surface area contributed by atoms with Gasteiger partial charge in [0.2, 0.25) is 0 Å². The molecule has 0 bridgehead atoms. The maximum absolute atomic E-state index is 12.7. The molecule has 3 rings (SSSR count). The minimum atomic E-state index is -1.12. The van der Waals surface area contributed by atoms with Crippen LogP contribution in [-0.2, 0) is 4.79 Å². The summed E-state index contributed by atoms with van der Waals surface area (Å²) in [6.07, 6.45) is 1.79. The summed E-state index contributed by atoms with van der Waals surface area (Å²) in [4.78, 5) is 31.8. The normalized spacial score (nSPS) is 12.3. The van der Waals surface area contributed by atoms with Gasteiger partial charge in [-0.2, -0.15) is 0 Å². The van der Waals surface area contributed by atoms with Gasteiger partial charge in [-0.1, -0.05) is 43.2 Å². The van der Waals surface area contributed by atoms with Crippen LogP contribution in [0.2, 0.25) is 0 Å². The molecule has 3 N–H and O–H groups in total. The number of carboxylic acids is 1. The number of aromatic nitrogens is 2. The standard InChI is InChI=1S/C21H23N3O3/c1-11(2)15-8-17-16(22-10-15)9-18(23-17)20(25)24-19(21(26)27)14-6-12(3)5-13(4)7-14/h5-11,19,23H,1-4H3,(H,24,25)(H,26,27). The molecule has 0 fully saturated rings. The zero-order chi connectivity index (χ0) is 19.7. The molecule has 27 heavy (non-hydrogen) atoms. The van der Waals surface area contributed by atoms with E-state index in [0.717, 1.165) is 22.2 Å². The van der Waals surface area contributed by atoms with Gasteiger partial charge in [0.15, 0.2) is 6.04 Å². The molecule has 1 unspecified atom stereocenters. The van der Waals surface area contributed by atoms with Crippen LogP contribution < -0.4 is 5.32 Å². The quantitative estimate of drug-likeness (QED) is 0.640. The van der Waals surface area contributed by atoms with Crippen LogP contribution in [0.4, 0.5) is 0 Å². The second-order valence-corrected chi connectivity index (χ2v) is 7.20. The van der Waals surface area contributed by atoms with Gasteiger partial charge in [0.25, 0.3) is 5.91 Å². The summed E-state index contributed by atoms with van der Waals surface area (Å²) in [5, 5.41) is 12.2. The van der Waals surface area contributed by atoms with E-state index in [4.69, 9.17) is 0 Å². The predicted octanol–water partition coefficient (Wildman–Crippen LogP) is 3.86. The molecule has 6 nitrogen and oxygen atoms in total. The number of hydrogen-bond donors (Lipinski definition) is 3. The van der Waals surface area contributed by atoms with E-state index in [2.05, 4.69) is 29.1 Å². The van der Waals surface area contributed by atoms with Crippen LogP contribution >= 0.6 is 0 Å². The highest BCUT2D eigenvalue weighted by Gasteiger charge is 2.24. The lowest BCUT2D eigenvalue weighted by atomic mass is 10.0. The first kappa shape index (κ1) is 18.6. The third-order valence-electron chi connectivity index (χ3n) is 4.50. The van der Waals surface area contributed by atoms with Gasteiger partial charge in [-0.15, -0.1) is 0 Å². The van der Waals surface area contributed by atoms with Gasteiger partial charge in [-0.05, 0) is 43.0 Å². The SMILES string of the molecule is Cc1cc(C)cc(C(NC(=O)c2cc3ncc(C(C)C)cc3[nH]2)C(=O)O)c1. The van der Waals surface area contributed by atoms with E-state index in [0.29, 0.717) is 17.0 Å². The Morgan fingerprint density at radius 2 is 1.70 bits per heavy atom. The minimum Gasteiger partial charge on any atom is -0.479 e. The van der Waals surface area contributed by atoms with Gasteiger partial charge in [-0.3, -0.25) is 9.78 Å². The fourth-order valence-corrected chi connectivity index (χ4v) is 3.14. The van der Waals surface area contributed by atoms with Gasteiger partial charge in [0, 0.05) is 6.20 Å². The van der Waals surface area contributed by atoms with E-state index >= 15 is 0 Å². The fourth-order valence-electron chi connectivity index (χ4n) is 3.14. The largest absolute Gasteiger partial charge is 0.479 e. The molecule has 0 radical (unpaired) electrons. The number of aliphatic carboxylic acids is 1. The third kappa shape index (κ3) is 4.00. The Kier molecular flexibility index (Phi) is 4.99. The van der Waals surface area contributed by atoms with Crippen molar-refractivity contribution in [1.29, 1.82) is 0 Å². The van der Waals surface area contributed by atoms with E-state index in [1.165, 1.54) is 0 Å². The monoisotopic (exact) mass is 365 g/mol. The van der Waals surface area contributed by atoms with Gasteiger partial charge in [0.1, 0.15) is 5.69 Å². The molecule has 6 heteroatoms. The van der Waals surface area contributed by atoms with E-state index in [9.17, 15) is 14.7 Å². The Hall–Kier alpha value is -3.15. The maximum atomic E-state index is 12.7. The molecule has 0 aliphatic carbocycles. The summed E-state index contributed by atoms with van der Waals surface area (Å²) >= 11 is 0. The van der Waals surface area contributed by atoms with E-state index in [1.807, 2.05) is 26.0 Å². The van der Waals surface area contributed by atoms with E-state index < -0.39 is 17.9 Å². The van der Waals surface area contributed by atoms with Crippen LogP contribution in [0.15, 0.2) is 36.5 Å². The molecule has 1 aromatic carbocycles. The summed E-state index contributed by atoms with van der Waals surface area (Å²) in [5.74, 6) is -1.27. The smallest absolute Gasteiger partial charge is 0.330 e. The van der Waals surface area contributed by atoms with Crippen LogP contribution in [0.25, 0.3) is 11.0 Å². The molecular formula is C21H23N3O3. The Bertz CT molecular complexity index is 1000. The summed E-state index contributed by atoms with van der Waals surface area (Å²) in [7, 11) is 0. The van der Waals surface area contributed by atoms with Gasteiger partial charge >= 0.3 is 5.97 Å². The molecule has 1 atom stereocenters. The number of rotatable bonds is 5. The number of fused-ring (bicyclic) bond motifs is 1. The van der Waals surface area contributed by atoms with Crippen LogP contribution in [0.5, 0.6) is 0 Å². The van der Waals surface area contributed by atoms with Crippen LogP contribution in [0, 0.1) is 13.8 Å². The van der Waals surface area contributed by atoms with Crippen molar-refractivity contribution >= 4 is 22.9 Å². The number of nitrogens with one attached hydrogen (secondary N) is 2. The average Bonchev–Trinajstić information content (AvgIpc) is 3.01. The number of pyridine rings is 1. The molecule has 0 spiro atoms. The number of carbonyl (C=O) groups excluding carboxylic acids is 1. The molecule has 3 aromatic rings. The molecule has 0 aliphatic rings. The van der Waals surface area contributed by atoms with Gasteiger partial charge in [-0.25, -0.2) is 4.79 Å². The van der Waals surface area contributed by atoms with Crippen molar-refractivity contribution in [2.75, 3.05) is 0 Å². The molecule has 0 aliphatic heterocycles. The molecule has 2 heterocycles. The number of hydrogen-bond acceptors (Lipinski definition) is 3. The second-order valence-electron chi connectivity index (χ2n) is 7.20. The Balaban J connectivity index is 1.89. The number of nitrogens with zero attached hydrogens (tertiary/aromatic N) is 1. The van der Waals surface area contributed by atoms with Crippen molar-refractivity contribution in [2.24, 2.45) is 0 Å². The average molecular weight is 365 g/mol. The van der Waals surface area contributed by atoms with Crippen molar-refractivity contribution < 1.29 is 14.7 Å². The highest BCUT2D eigenvalue weighted by atomic mass is 16.4. The highest BCUT2D eigenvalue weighted by Crippen LogP contribution is 2.21. The molecule has 140 valence electrons. The van der Waals surface area contributed by atoms with E-state index in [1.54, 1.807) is 24.4 Å². The lowest BCUT2D eigenvalue weighted by Crippen LogP contribution is -2.34. The maximum Gasteiger partial charge on any atom is 0.330 e. The lowest BCUT2D eigenvalue weighted by Gasteiger charge is -2.15. The van der Waals surface area contributed by atoms with Crippen LogP contribution in [0.1, 0.15) is 58.5 Å². The lowest BCUT2D eigenvalue weighted by molar-refractivity contribution is -0.139. The zero-order valence-corrected chi connectivity index (χ0v) is 15.8. The summed E-state index contributed by atoms with van der Waals surface area (Å²) < 4.78 is 0. The van der Waals surface area contributed by atoms with Crippen molar-refractivity contribution in [1.82, 2.24) is 15.3 Å². The van der Waals surface area contributed by atoms with Crippen molar-refractivity contribution in [3.63, 3.8) is 0 Å². The zero-order valence-electron chi connectivity index (χ0n) is 15.8. The highest BCUT2D eigenvalue weighted by molar-refractivity contribution is 5.99. The first-order valence-corrected chi connectivity index (χ1v) is 8.85. The number of carboxylic acid groups (broad SMARTS) is 1. The van der Waals surface area contributed by atoms with Gasteiger partial charge in [0.05, 0.1) is 11.0 Å². The topological polar surface area (TPSA) is 95.1 Å². The summed E-state index contributed by atoms with van der Waals surface area (Å²) in [6, 6.07) is 7.97. The first-order valence-electron chi connectivity index (χ1n) is 8.85. The Labute approximate surface area is 157 Å². The first-order chi connectivity index (χ1) is 12.7. The van der Waals surface area contributed by atoms with Crippen LogP contribution in [-0.4, -0.2) is 27.0 Å². The number of benzene rings is 1. The van der Waals surface area contributed by atoms with Crippen LogP contribution in [0.3, 0.4) is 0 Å². The molecule has 2 aromatic heterocycles. The fraction of sp³-hybridized carbons (Fsp3) is 0.286. The summed E-state index contributed by atoms with van der Waals surface area (Å²) in [5.41, 5.74) is 5.21. The number of aromatic amines is 1. The number of amides is 1. The second kappa shape index (κ2) is 7.23. The van der Waals surface area contributed by atoms with E-state index in [-0.39, 0.29) is 5.69 Å². The molecule has 1 amide bonds. The minimum absolute atomic E-state index is 0.286. The predicted molar refractivity (Wildman–Crippen MR) is 104 cm³/mol. The Morgan fingerprint density at radius 3 is 2.30 bits per heavy atom. The number of aryl methyl sites for hydroxylation is 2. The summed E-state index contributed by atoms with van der Waals surface area (Å²) in [6.45, 7) is 7.93. The molecule has 0 saturated carbocycles. The molecule has 0 saturated heterocycles. The van der Waals surface area contributed by atoms with Gasteiger partial charge < -0.3 is 15.4 Å². The van der Waals surface area contributed by atoms with Crippen molar-refractivity contribution in [3.05, 3.63) is 64.5 Å². The third-order valence-corrected chi connectivity index (χ3v) is 4.50. The number of H-pyrrole nitrogens is 1. The Morgan fingerprint density at radius 1 is 1.04 bits per heavy atom.